The number of amides is 1. The van der Waals surface area contributed by atoms with Crippen LogP contribution < -0.4 is 10.2 Å². The monoisotopic (exact) mass is 360 g/mol. The van der Waals surface area contributed by atoms with Crippen molar-refractivity contribution in [3.8, 4) is 0 Å². The summed E-state index contributed by atoms with van der Waals surface area (Å²) >= 11 is 1.67. The predicted octanol–water partition coefficient (Wildman–Crippen LogP) is 0.918. The first kappa shape index (κ1) is 16.5. The highest BCUT2D eigenvalue weighted by molar-refractivity contribution is 7.13. The van der Waals surface area contributed by atoms with Crippen LogP contribution in [0.5, 0.6) is 0 Å². The van der Waals surface area contributed by atoms with Crippen LogP contribution in [0.1, 0.15) is 17.9 Å². The molecule has 2 saturated heterocycles. The first-order valence-electron chi connectivity index (χ1n) is 8.85. The van der Waals surface area contributed by atoms with Crippen LogP contribution in [0, 0.1) is 5.92 Å². The number of aromatic nitrogens is 3. The predicted molar refractivity (Wildman–Crippen MR) is 97.8 cm³/mol. The molecule has 0 spiro atoms. The third-order valence-corrected chi connectivity index (χ3v) is 6.01. The third kappa shape index (κ3) is 3.41. The molecular weight excluding hydrogens is 336 g/mol. The third-order valence-electron chi connectivity index (χ3n) is 5.18. The lowest BCUT2D eigenvalue weighted by Gasteiger charge is -2.26. The van der Waals surface area contributed by atoms with E-state index in [1.165, 1.54) is 0 Å². The number of thiazole rings is 1. The van der Waals surface area contributed by atoms with Gasteiger partial charge >= 0.3 is 0 Å². The summed E-state index contributed by atoms with van der Waals surface area (Å²) in [5.41, 5.74) is 1.16. The maximum absolute atomic E-state index is 13.2. The zero-order valence-electron chi connectivity index (χ0n) is 14.5. The number of hydrogen-bond acceptors (Lipinski definition) is 6. The van der Waals surface area contributed by atoms with Gasteiger partial charge in [0.05, 0.1) is 12.1 Å². The van der Waals surface area contributed by atoms with Crippen LogP contribution in [0.2, 0.25) is 0 Å². The van der Waals surface area contributed by atoms with Gasteiger partial charge in [0.1, 0.15) is 0 Å². The molecule has 8 heteroatoms. The zero-order valence-corrected chi connectivity index (χ0v) is 15.3. The molecule has 0 saturated carbocycles. The van der Waals surface area contributed by atoms with E-state index in [4.69, 9.17) is 0 Å². The summed E-state index contributed by atoms with van der Waals surface area (Å²) in [4.78, 5) is 21.9. The molecule has 0 radical (unpaired) electrons. The van der Waals surface area contributed by atoms with Crippen LogP contribution >= 0.6 is 11.3 Å². The summed E-state index contributed by atoms with van der Waals surface area (Å²) in [5.74, 6) is 0.509. The Morgan fingerprint density at radius 3 is 2.96 bits per heavy atom. The molecule has 2 aliphatic heterocycles. The van der Waals surface area contributed by atoms with Gasteiger partial charge in [-0.25, -0.2) is 4.98 Å². The van der Waals surface area contributed by atoms with Gasteiger partial charge in [-0.15, -0.1) is 11.3 Å². The minimum atomic E-state index is 0.00983. The van der Waals surface area contributed by atoms with Gasteiger partial charge in [-0.3, -0.25) is 9.48 Å². The summed E-state index contributed by atoms with van der Waals surface area (Å²) in [6.07, 6.45) is 6.76. The molecule has 2 aromatic rings. The van der Waals surface area contributed by atoms with Gasteiger partial charge in [0.15, 0.2) is 5.13 Å². The van der Waals surface area contributed by atoms with E-state index in [0.717, 1.165) is 56.4 Å². The molecule has 2 fully saturated rings. The maximum atomic E-state index is 13.2. The molecule has 0 aliphatic carbocycles. The number of aryl methyl sites for hydroxylation is 1. The van der Waals surface area contributed by atoms with Gasteiger partial charge in [-0.2, -0.15) is 5.10 Å². The number of nitrogens with one attached hydrogen (secondary N) is 1. The van der Waals surface area contributed by atoms with Crippen molar-refractivity contribution < 1.29 is 4.79 Å². The Morgan fingerprint density at radius 2 is 2.20 bits per heavy atom. The summed E-state index contributed by atoms with van der Waals surface area (Å²) in [7, 11) is 1.92. The van der Waals surface area contributed by atoms with Crippen LogP contribution in [0.15, 0.2) is 24.0 Å². The van der Waals surface area contributed by atoms with Gasteiger partial charge < -0.3 is 15.1 Å². The average molecular weight is 360 g/mol. The Balaban J connectivity index is 1.43. The molecule has 2 aromatic heterocycles. The van der Waals surface area contributed by atoms with E-state index in [0.29, 0.717) is 0 Å². The summed E-state index contributed by atoms with van der Waals surface area (Å²) in [5, 5.41) is 10.7. The molecule has 4 heterocycles. The van der Waals surface area contributed by atoms with Crippen molar-refractivity contribution >= 4 is 22.4 Å². The van der Waals surface area contributed by atoms with Gasteiger partial charge in [-0.05, 0) is 12.0 Å². The van der Waals surface area contributed by atoms with E-state index >= 15 is 0 Å². The van der Waals surface area contributed by atoms with Gasteiger partial charge in [-0.1, -0.05) is 0 Å². The number of anilines is 1. The van der Waals surface area contributed by atoms with Crippen LogP contribution in [-0.4, -0.2) is 64.8 Å². The molecule has 1 N–H and O–H groups in total. The van der Waals surface area contributed by atoms with Gasteiger partial charge in [0, 0.05) is 70.0 Å². The van der Waals surface area contributed by atoms with Crippen molar-refractivity contribution in [2.75, 3.05) is 44.2 Å². The van der Waals surface area contributed by atoms with Crippen molar-refractivity contribution in [2.45, 2.75) is 12.3 Å². The number of nitrogens with zero attached hydrogens (tertiary/aromatic N) is 5. The SMILES string of the molecule is Cn1cc([C@H]2CNC[C@@H]2C(=O)N2CCCN(c3nccs3)CC2)cn1. The molecule has 134 valence electrons. The fourth-order valence-corrected chi connectivity index (χ4v) is 4.55. The maximum Gasteiger partial charge on any atom is 0.227 e. The molecule has 25 heavy (non-hydrogen) atoms. The van der Waals surface area contributed by atoms with Crippen molar-refractivity contribution in [2.24, 2.45) is 13.0 Å². The number of carbonyl (C=O) groups is 1. The van der Waals surface area contributed by atoms with Crippen LogP contribution in [0.3, 0.4) is 0 Å². The molecule has 0 bridgehead atoms. The molecular formula is C17H24N6OS. The first-order valence-corrected chi connectivity index (χ1v) is 9.73. The van der Waals surface area contributed by atoms with Crippen LogP contribution in [0.4, 0.5) is 5.13 Å². The number of carbonyl (C=O) groups excluding carboxylic acids is 1. The summed E-state index contributed by atoms with van der Waals surface area (Å²) < 4.78 is 1.81. The van der Waals surface area contributed by atoms with Gasteiger partial charge in [0.2, 0.25) is 5.91 Å². The normalized spacial score (nSPS) is 24.5. The van der Waals surface area contributed by atoms with Crippen molar-refractivity contribution in [3.63, 3.8) is 0 Å². The second-order valence-electron chi connectivity index (χ2n) is 6.80. The van der Waals surface area contributed by atoms with E-state index in [2.05, 4.69) is 25.2 Å². The lowest BCUT2D eigenvalue weighted by Crippen LogP contribution is -2.41. The van der Waals surface area contributed by atoms with Crippen molar-refractivity contribution in [1.82, 2.24) is 25.0 Å². The van der Waals surface area contributed by atoms with Crippen LogP contribution in [0.25, 0.3) is 0 Å². The van der Waals surface area contributed by atoms with Crippen molar-refractivity contribution in [1.29, 1.82) is 0 Å². The quantitative estimate of drug-likeness (QED) is 0.882. The molecule has 2 aliphatic rings. The molecule has 1 amide bonds. The van der Waals surface area contributed by atoms with E-state index in [-0.39, 0.29) is 17.7 Å². The van der Waals surface area contributed by atoms with Crippen molar-refractivity contribution in [3.05, 3.63) is 29.5 Å². The first-order chi connectivity index (χ1) is 12.2. The highest BCUT2D eigenvalue weighted by Crippen LogP contribution is 2.30. The van der Waals surface area contributed by atoms with E-state index in [9.17, 15) is 4.79 Å². The lowest BCUT2D eigenvalue weighted by atomic mass is 9.89. The fraction of sp³-hybridized carbons (Fsp3) is 0.588. The zero-order chi connectivity index (χ0) is 17.2. The molecule has 2 atom stereocenters. The fourth-order valence-electron chi connectivity index (χ4n) is 3.86. The highest BCUT2D eigenvalue weighted by atomic mass is 32.1. The minimum Gasteiger partial charge on any atom is -0.346 e. The summed E-state index contributed by atoms with van der Waals surface area (Å²) in [6, 6.07) is 0. The highest BCUT2D eigenvalue weighted by Gasteiger charge is 2.37. The average Bonchev–Trinajstić information content (AvgIpc) is 3.33. The van der Waals surface area contributed by atoms with E-state index in [1.807, 2.05) is 35.7 Å². The van der Waals surface area contributed by atoms with E-state index < -0.39 is 0 Å². The molecule has 0 unspecified atom stereocenters. The molecule has 0 aromatic carbocycles. The number of rotatable bonds is 3. The second kappa shape index (κ2) is 7.13. The number of hydrogen-bond donors (Lipinski definition) is 1. The lowest BCUT2D eigenvalue weighted by molar-refractivity contribution is -0.135. The van der Waals surface area contributed by atoms with Crippen LogP contribution in [-0.2, 0) is 11.8 Å². The second-order valence-corrected chi connectivity index (χ2v) is 7.67. The topological polar surface area (TPSA) is 66.3 Å². The Labute approximate surface area is 151 Å². The molecule has 4 rings (SSSR count). The Kier molecular flexibility index (Phi) is 4.72. The smallest absolute Gasteiger partial charge is 0.227 e. The summed E-state index contributed by atoms with van der Waals surface area (Å²) in [6.45, 7) is 5.03. The Morgan fingerprint density at radius 1 is 1.28 bits per heavy atom. The van der Waals surface area contributed by atoms with E-state index in [1.54, 1.807) is 11.3 Å². The minimum absolute atomic E-state index is 0.00983. The standard InChI is InChI=1S/C17H24N6OS/c1-21-12-13(9-20-21)14-10-18-11-15(14)16(24)22-4-2-5-23(7-6-22)17-19-3-8-25-17/h3,8-9,12,14-15,18H,2,4-7,10-11H2,1H3/t14-,15+/m1/s1. The molecule has 7 nitrogen and oxygen atoms in total. The van der Waals surface area contributed by atoms with Gasteiger partial charge in [0.25, 0.3) is 0 Å². The largest absolute Gasteiger partial charge is 0.346 e. The Hall–Kier alpha value is -1.93. The Bertz CT molecular complexity index is 715.